The predicted octanol–water partition coefficient (Wildman–Crippen LogP) is 1.77. The van der Waals surface area contributed by atoms with Crippen molar-refractivity contribution in [2.24, 2.45) is 5.92 Å². The third-order valence-corrected chi connectivity index (χ3v) is 1.28. The molecule has 1 unspecified atom stereocenters. The minimum Gasteiger partial charge on any atom is -0.305 e. The lowest BCUT2D eigenvalue weighted by Crippen LogP contribution is -2.04. The number of hydrogen-bond acceptors (Lipinski definition) is 1. The van der Waals surface area contributed by atoms with Crippen molar-refractivity contribution in [3.05, 3.63) is 24.3 Å². The lowest BCUT2D eigenvalue weighted by Gasteiger charge is -2.05. The van der Waals surface area contributed by atoms with Crippen molar-refractivity contribution in [3.63, 3.8) is 0 Å². The fraction of sp³-hybridized carbons (Fsp3) is 0.286. The quantitative estimate of drug-likeness (QED) is 0.487. The van der Waals surface area contributed by atoms with E-state index in [4.69, 9.17) is 5.41 Å². The lowest BCUT2D eigenvalue weighted by molar-refractivity contribution is 0.986. The van der Waals surface area contributed by atoms with Gasteiger partial charge < -0.3 is 5.41 Å². The van der Waals surface area contributed by atoms with Crippen molar-refractivity contribution in [1.29, 1.82) is 5.41 Å². The molecule has 1 aliphatic carbocycles. The molecule has 1 heteroatoms. The molecule has 0 aromatic heterocycles. The molecule has 0 aromatic rings. The molecular formula is C7H9N. The van der Waals surface area contributed by atoms with E-state index in [2.05, 4.69) is 0 Å². The highest BCUT2D eigenvalue weighted by molar-refractivity contribution is 5.96. The summed E-state index contributed by atoms with van der Waals surface area (Å²) in [6.07, 6.45) is 7.71. The summed E-state index contributed by atoms with van der Waals surface area (Å²) in [6, 6.07) is 0. The van der Waals surface area contributed by atoms with E-state index in [1.807, 2.05) is 31.2 Å². The maximum Gasteiger partial charge on any atom is 0.0379 e. The van der Waals surface area contributed by atoms with Crippen LogP contribution in [0.5, 0.6) is 0 Å². The summed E-state index contributed by atoms with van der Waals surface area (Å²) in [6.45, 7) is 2.02. The number of nitrogens with one attached hydrogen (secondary N) is 1. The second-order valence-electron chi connectivity index (χ2n) is 1.99. The van der Waals surface area contributed by atoms with Crippen LogP contribution >= 0.6 is 0 Å². The molecule has 1 nitrogen and oxygen atoms in total. The minimum atomic E-state index is 0.319. The maximum absolute atomic E-state index is 7.26. The molecule has 0 amide bonds. The van der Waals surface area contributed by atoms with Crippen LogP contribution in [0.1, 0.15) is 6.92 Å². The van der Waals surface area contributed by atoms with Crippen molar-refractivity contribution >= 4 is 5.71 Å². The van der Waals surface area contributed by atoms with Crippen LogP contribution in [0.2, 0.25) is 0 Å². The van der Waals surface area contributed by atoms with Crippen LogP contribution in [0, 0.1) is 11.3 Å². The second kappa shape index (κ2) is 1.95. The molecule has 0 spiro atoms. The highest BCUT2D eigenvalue weighted by atomic mass is 14.4. The van der Waals surface area contributed by atoms with Gasteiger partial charge in [-0.15, -0.1) is 0 Å². The zero-order valence-corrected chi connectivity index (χ0v) is 4.89. The van der Waals surface area contributed by atoms with Gasteiger partial charge in [0.2, 0.25) is 0 Å². The van der Waals surface area contributed by atoms with Crippen LogP contribution in [-0.4, -0.2) is 5.71 Å². The summed E-state index contributed by atoms with van der Waals surface area (Å²) in [5, 5.41) is 7.26. The van der Waals surface area contributed by atoms with E-state index in [0.717, 1.165) is 0 Å². The van der Waals surface area contributed by atoms with Crippen molar-refractivity contribution in [1.82, 2.24) is 0 Å². The summed E-state index contributed by atoms with van der Waals surface area (Å²) < 4.78 is 0. The Balaban J connectivity index is 2.74. The first kappa shape index (κ1) is 5.29. The lowest BCUT2D eigenvalue weighted by atomic mass is 10.0. The van der Waals surface area contributed by atoms with Gasteiger partial charge in [-0.25, -0.2) is 0 Å². The highest BCUT2D eigenvalue weighted by Gasteiger charge is 2.01. The van der Waals surface area contributed by atoms with Gasteiger partial charge in [0, 0.05) is 11.6 Å². The van der Waals surface area contributed by atoms with E-state index in [9.17, 15) is 0 Å². The number of hydrogen-bond donors (Lipinski definition) is 1. The summed E-state index contributed by atoms with van der Waals surface area (Å²) >= 11 is 0. The Hall–Kier alpha value is -0.850. The van der Waals surface area contributed by atoms with E-state index < -0.39 is 0 Å². The van der Waals surface area contributed by atoms with Crippen LogP contribution in [0.15, 0.2) is 24.3 Å². The highest BCUT2D eigenvalue weighted by Crippen LogP contribution is 2.05. The van der Waals surface area contributed by atoms with Gasteiger partial charge in [-0.2, -0.15) is 0 Å². The first-order valence-corrected chi connectivity index (χ1v) is 2.74. The van der Waals surface area contributed by atoms with Gasteiger partial charge >= 0.3 is 0 Å². The molecule has 0 heterocycles. The molecule has 0 aliphatic heterocycles. The third kappa shape index (κ3) is 0.861. The van der Waals surface area contributed by atoms with Gasteiger partial charge in [-0.3, -0.25) is 0 Å². The molecule has 8 heavy (non-hydrogen) atoms. The largest absolute Gasteiger partial charge is 0.305 e. The molecule has 1 atom stereocenters. The van der Waals surface area contributed by atoms with Gasteiger partial charge in [0.15, 0.2) is 0 Å². The van der Waals surface area contributed by atoms with Crippen molar-refractivity contribution in [2.45, 2.75) is 6.92 Å². The van der Waals surface area contributed by atoms with Crippen molar-refractivity contribution < 1.29 is 0 Å². The summed E-state index contributed by atoms with van der Waals surface area (Å²) in [5.74, 6) is 0.319. The molecule has 1 N–H and O–H groups in total. The zero-order chi connectivity index (χ0) is 5.98. The van der Waals surface area contributed by atoms with Crippen LogP contribution in [0.3, 0.4) is 0 Å². The van der Waals surface area contributed by atoms with E-state index in [0.29, 0.717) is 11.6 Å². The van der Waals surface area contributed by atoms with Crippen molar-refractivity contribution in [3.8, 4) is 0 Å². The molecule has 0 saturated heterocycles. The summed E-state index contributed by atoms with van der Waals surface area (Å²) in [5.41, 5.74) is 0.701. The van der Waals surface area contributed by atoms with Gasteiger partial charge in [0.05, 0.1) is 0 Å². The molecule has 0 radical (unpaired) electrons. The number of allylic oxidation sites excluding steroid dienone is 4. The first-order chi connectivity index (χ1) is 3.80. The number of rotatable bonds is 0. The summed E-state index contributed by atoms with van der Waals surface area (Å²) in [4.78, 5) is 0. The maximum atomic E-state index is 7.26. The average molecular weight is 107 g/mol. The Kier molecular flexibility index (Phi) is 1.29. The van der Waals surface area contributed by atoms with Gasteiger partial charge in [0.25, 0.3) is 0 Å². The Morgan fingerprint density at radius 2 is 2.25 bits per heavy atom. The predicted molar refractivity (Wildman–Crippen MR) is 35.2 cm³/mol. The average Bonchev–Trinajstić information content (AvgIpc) is 1.77. The summed E-state index contributed by atoms with van der Waals surface area (Å²) in [7, 11) is 0. The molecule has 1 rings (SSSR count). The van der Waals surface area contributed by atoms with E-state index >= 15 is 0 Å². The van der Waals surface area contributed by atoms with Gasteiger partial charge in [0.1, 0.15) is 0 Å². The Labute approximate surface area is 49.2 Å². The molecular weight excluding hydrogens is 98.1 g/mol. The van der Waals surface area contributed by atoms with E-state index in [1.165, 1.54) is 0 Å². The molecule has 0 bridgehead atoms. The van der Waals surface area contributed by atoms with E-state index in [-0.39, 0.29) is 0 Å². The second-order valence-corrected chi connectivity index (χ2v) is 1.99. The van der Waals surface area contributed by atoms with Gasteiger partial charge in [-0.05, 0) is 6.08 Å². The fourth-order valence-electron chi connectivity index (χ4n) is 0.645. The van der Waals surface area contributed by atoms with E-state index in [1.54, 1.807) is 0 Å². The van der Waals surface area contributed by atoms with Crippen LogP contribution in [0.4, 0.5) is 0 Å². The fourth-order valence-corrected chi connectivity index (χ4v) is 0.645. The Bertz CT molecular complexity index is 154. The standard InChI is InChI=1S/C7H9N/c1-6-4-2-3-5-7(6)8/h2-6,8H,1H3. The Morgan fingerprint density at radius 1 is 1.50 bits per heavy atom. The molecule has 0 aromatic carbocycles. The topological polar surface area (TPSA) is 23.9 Å². The molecule has 0 saturated carbocycles. The van der Waals surface area contributed by atoms with Gasteiger partial charge in [-0.1, -0.05) is 25.2 Å². The van der Waals surface area contributed by atoms with Crippen LogP contribution in [0.25, 0.3) is 0 Å². The third-order valence-electron chi connectivity index (χ3n) is 1.28. The molecule has 42 valence electrons. The normalized spacial score (nSPS) is 26.6. The minimum absolute atomic E-state index is 0.319. The molecule has 0 fully saturated rings. The van der Waals surface area contributed by atoms with Crippen LogP contribution < -0.4 is 0 Å². The monoisotopic (exact) mass is 107 g/mol. The first-order valence-electron chi connectivity index (χ1n) is 2.74. The van der Waals surface area contributed by atoms with Crippen LogP contribution in [-0.2, 0) is 0 Å². The smallest absolute Gasteiger partial charge is 0.0379 e. The van der Waals surface area contributed by atoms with Crippen molar-refractivity contribution in [2.75, 3.05) is 0 Å². The molecule has 1 aliphatic rings. The Morgan fingerprint density at radius 3 is 2.62 bits per heavy atom. The SMILES string of the molecule is CC1C=CC=CC1=N. The zero-order valence-electron chi connectivity index (χ0n) is 4.89.